The van der Waals surface area contributed by atoms with Crippen LogP contribution in [0.15, 0.2) is 108 Å². The van der Waals surface area contributed by atoms with Crippen molar-refractivity contribution < 1.29 is 4.39 Å². The molecular weight excluding hydrogens is 525 g/mol. The zero-order chi connectivity index (χ0) is 31.4. The van der Waals surface area contributed by atoms with Gasteiger partial charge in [-0.1, -0.05) is 126 Å². The lowest BCUT2D eigenvalue weighted by Gasteiger charge is -2.45. The SMILES string of the molecule is C/C=C(C)\C=C(\C)CC.CCC=CC(C)(CC)C1CC=C(F)C2=C1c1ncc(-c3ccccc3)c3cccc(c13)C2(C)C. The monoisotopic (exact) mass is 575 g/mol. The molecule has 0 spiro atoms. The molecule has 226 valence electrons. The van der Waals surface area contributed by atoms with E-state index >= 15 is 4.39 Å². The average Bonchev–Trinajstić information content (AvgIpc) is 3.02. The van der Waals surface area contributed by atoms with Gasteiger partial charge in [0.25, 0.3) is 0 Å². The first-order valence-corrected chi connectivity index (χ1v) is 16.1. The largest absolute Gasteiger partial charge is 0.255 e. The molecular formula is C41H50FN. The van der Waals surface area contributed by atoms with Crippen LogP contribution in [0, 0.1) is 11.3 Å². The molecule has 1 aromatic heterocycles. The van der Waals surface area contributed by atoms with Crippen LogP contribution >= 0.6 is 0 Å². The predicted octanol–water partition coefficient (Wildman–Crippen LogP) is 12.5. The Morgan fingerprint density at radius 1 is 1.05 bits per heavy atom. The highest BCUT2D eigenvalue weighted by Gasteiger charge is 2.46. The minimum Gasteiger partial charge on any atom is -0.255 e. The van der Waals surface area contributed by atoms with Gasteiger partial charge in [0.2, 0.25) is 0 Å². The Balaban J connectivity index is 0.000000410. The number of nitrogens with zero attached hydrogens (tertiary/aromatic N) is 1. The van der Waals surface area contributed by atoms with Crippen molar-refractivity contribution in [1.82, 2.24) is 4.98 Å². The number of hydrogen-bond acceptors (Lipinski definition) is 1. The summed E-state index contributed by atoms with van der Waals surface area (Å²) in [6, 6.07) is 16.9. The lowest BCUT2D eigenvalue weighted by atomic mass is 9.59. The van der Waals surface area contributed by atoms with Crippen molar-refractivity contribution in [2.24, 2.45) is 11.3 Å². The Labute approximate surface area is 260 Å². The molecule has 2 aliphatic carbocycles. The van der Waals surface area contributed by atoms with Crippen LogP contribution in [0.1, 0.15) is 99.3 Å². The molecule has 2 heteroatoms. The maximum atomic E-state index is 15.7. The highest BCUT2D eigenvalue weighted by molar-refractivity contribution is 6.06. The summed E-state index contributed by atoms with van der Waals surface area (Å²) in [6.45, 7) is 19.6. The fourth-order valence-corrected chi connectivity index (χ4v) is 6.71. The summed E-state index contributed by atoms with van der Waals surface area (Å²) in [5, 5.41) is 2.38. The first-order chi connectivity index (χ1) is 20.5. The number of pyridine rings is 1. The second-order valence-corrected chi connectivity index (χ2v) is 12.9. The molecule has 0 aliphatic heterocycles. The molecule has 0 bridgehead atoms. The first-order valence-electron chi connectivity index (χ1n) is 16.1. The van der Waals surface area contributed by atoms with Gasteiger partial charge in [0.15, 0.2) is 0 Å². The van der Waals surface area contributed by atoms with Gasteiger partial charge in [0.05, 0.1) is 5.69 Å². The maximum Gasteiger partial charge on any atom is 0.123 e. The van der Waals surface area contributed by atoms with Crippen LogP contribution in [0.3, 0.4) is 0 Å². The summed E-state index contributed by atoms with van der Waals surface area (Å²) >= 11 is 0. The normalized spacial score (nSPS) is 19.5. The Kier molecular flexibility index (Phi) is 10.1. The molecule has 1 nitrogen and oxygen atoms in total. The van der Waals surface area contributed by atoms with Crippen molar-refractivity contribution in [1.29, 1.82) is 0 Å². The second-order valence-electron chi connectivity index (χ2n) is 12.9. The van der Waals surface area contributed by atoms with Crippen LogP contribution in [-0.4, -0.2) is 4.98 Å². The third-order valence-electron chi connectivity index (χ3n) is 9.72. The van der Waals surface area contributed by atoms with Gasteiger partial charge in [0, 0.05) is 28.1 Å². The van der Waals surface area contributed by atoms with Crippen LogP contribution in [0.25, 0.3) is 27.5 Å². The number of hydrogen-bond donors (Lipinski definition) is 0. The maximum absolute atomic E-state index is 15.7. The van der Waals surface area contributed by atoms with Gasteiger partial charge in [-0.3, -0.25) is 4.98 Å². The van der Waals surface area contributed by atoms with E-state index in [2.05, 4.69) is 129 Å². The number of benzene rings is 2. The Morgan fingerprint density at radius 2 is 1.77 bits per heavy atom. The van der Waals surface area contributed by atoms with Gasteiger partial charge < -0.3 is 0 Å². The molecule has 3 aromatic rings. The van der Waals surface area contributed by atoms with E-state index in [1.807, 2.05) is 18.3 Å². The van der Waals surface area contributed by atoms with E-state index in [0.717, 1.165) is 52.8 Å². The minimum atomic E-state index is -0.443. The summed E-state index contributed by atoms with van der Waals surface area (Å²) < 4.78 is 15.7. The van der Waals surface area contributed by atoms with E-state index in [1.165, 1.54) is 21.9 Å². The zero-order valence-corrected chi connectivity index (χ0v) is 27.8. The third kappa shape index (κ3) is 6.26. The first kappa shape index (κ1) is 32.4. The number of rotatable bonds is 7. The van der Waals surface area contributed by atoms with E-state index in [-0.39, 0.29) is 17.2 Å². The molecule has 2 aromatic carbocycles. The number of aromatic nitrogens is 1. The van der Waals surface area contributed by atoms with Gasteiger partial charge >= 0.3 is 0 Å². The minimum absolute atomic E-state index is 0.0672. The van der Waals surface area contributed by atoms with Gasteiger partial charge in [-0.2, -0.15) is 0 Å². The molecule has 0 amide bonds. The molecule has 0 N–H and O–H groups in total. The van der Waals surface area contributed by atoms with E-state index < -0.39 is 5.41 Å². The van der Waals surface area contributed by atoms with Crippen molar-refractivity contribution in [3.8, 4) is 11.1 Å². The summed E-state index contributed by atoms with van der Waals surface area (Å²) in [6.07, 6.45) is 16.6. The van der Waals surface area contributed by atoms with Crippen molar-refractivity contribution in [2.45, 2.75) is 93.4 Å². The van der Waals surface area contributed by atoms with Gasteiger partial charge in [-0.05, 0) is 85.9 Å². The third-order valence-corrected chi connectivity index (χ3v) is 9.72. The van der Waals surface area contributed by atoms with Crippen LogP contribution in [0.5, 0.6) is 0 Å². The lowest BCUT2D eigenvalue weighted by molar-refractivity contribution is 0.298. The van der Waals surface area contributed by atoms with Gasteiger partial charge in [-0.25, -0.2) is 4.39 Å². The fraction of sp³-hybridized carbons (Fsp3) is 0.390. The zero-order valence-electron chi connectivity index (χ0n) is 27.8. The Morgan fingerprint density at radius 3 is 2.40 bits per heavy atom. The highest BCUT2D eigenvalue weighted by Crippen LogP contribution is 2.57. The molecule has 2 unspecified atom stereocenters. The summed E-state index contributed by atoms with van der Waals surface area (Å²) in [4.78, 5) is 5.10. The van der Waals surface area contributed by atoms with Crippen LogP contribution in [0.4, 0.5) is 4.39 Å². The second kappa shape index (κ2) is 13.4. The number of halogens is 1. The Bertz CT molecular complexity index is 1610. The molecule has 0 fully saturated rings. The van der Waals surface area contributed by atoms with Crippen LogP contribution < -0.4 is 0 Å². The topological polar surface area (TPSA) is 12.9 Å². The van der Waals surface area contributed by atoms with E-state index in [4.69, 9.17) is 4.98 Å². The average molecular weight is 576 g/mol. The molecule has 0 radical (unpaired) electrons. The van der Waals surface area contributed by atoms with Crippen molar-refractivity contribution in [2.75, 3.05) is 0 Å². The molecule has 5 rings (SSSR count). The molecule has 1 heterocycles. The smallest absolute Gasteiger partial charge is 0.123 e. The molecule has 2 atom stereocenters. The standard InChI is InChI=1S/C32H34FN.C9H16/c1-6-8-19-32(5,7-2)25-17-18-26(33)29-28(25)30-27-22(15-12-16-24(27)31(29,3)4)23(20-34-30)21-13-10-9-11-14-21;1-5-8(3)7-9(4)6-2/h8-16,18-20,25H,6-7,17H2,1-5H3;5,7H,6H2,1-4H3/b;8-5-,9-7-. The quantitative estimate of drug-likeness (QED) is 0.202. The number of fused-ring (bicyclic) bond motifs is 1. The van der Waals surface area contributed by atoms with Crippen molar-refractivity contribution >= 4 is 16.3 Å². The highest BCUT2D eigenvalue weighted by atomic mass is 19.1. The molecule has 0 saturated heterocycles. The fourth-order valence-electron chi connectivity index (χ4n) is 6.71. The van der Waals surface area contributed by atoms with E-state index in [1.54, 1.807) is 0 Å². The van der Waals surface area contributed by atoms with Gasteiger partial charge in [0.1, 0.15) is 5.83 Å². The Hall–Kier alpha value is -3.52. The summed E-state index contributed by atoms with van der Waals surface area (Å²) in [5.41, 5.74) is 8.66. The van der Waals surface area contributed by atoms with Crippen LogP contribution in [-0.2, 0) is 5.41 Å². The van der Waals surface area contributed by atoms with E-state index in [0.29, 0.717) is 6.42 Å². The lowest BCUT2D eigenvalue weighted by Crippen LogP contribution is -2.35. The van der Waals surface area contributed by atoms with E-state index in [9.17, 15) is 0 Å². The molecule has 2 aliphatic rings. The molecule has 0 saturated carbocycles. The summed E-state index contributed by atoms with van der Waals surface area (Å²) in [7, 11) is 0. The molecule has 43 heavy (non-hydrogen) atoms. The van der Waals surface area contributed by atoms with Crippen molar-refractivity contribution in [3.63, 3.8) is 0 Å². The van der Waals surface area contributed by atoms with Gasteiger partial charge in [-0.15, -0.1) is 0 Å². The number of allylic oxidation sites excluding steroid dienone is 10. The van der Waals surface area contributed by atoms with Crippen molar-refractivity contribution in [3.05, 3.63) is 119 Å². The summed E-state index contributed by atoms with van der Waals surface area (Å²) in [5.74, 6) is 0.103. The van der Waals surface area contributed by atoms with Crippen LogP contribution in [0.2, 0.25) is 0 Å². The predicted molar refractivity (Wildman–Crippen MR) is 186 cm³/mol.